The van der Waals surface area contributed by atoms with Gasteiger partial charge in [-0.3, -0.25) is 9.69 Å². The standard InChI is InChI=1S/C15H18N2O3/c1-10(11-5-3-2-4-6-11)16-8-7-12-9-17(15(19)20)14(18)13(12)16/h2-6,10,12-13H,7-9H2,1H3,(H,19,20)/t10-,12+,13+/m1/s1. The third-order valence-electron chi connectivity index (χ3n) is 4.51. The molecule has 3 atom stereocenters. The fraction of sp³-hybridized carbons (Fsp3) is 0.467. The zero-order valence-corrected chi connectivity index (χ0v) is 11.4. The maximum absolute atomic E-state index is 12.3. The van der Waals surface area contributed by atoms with Crippen LogP contribution in [0.3, 0.4) is 0 Å². The lowest BCUT2D eigenvalue weighted by molar-refractivity contribution is -0.130. The SMILES string of the molecule is C[C@H](c1ccccc1)N1CC[C@H]2CN(C(=O)O)C(=O)[C@H]21. The Balaban J connectivity index is 1.83. The molecule has 0 spiro atoms. The van der Waals surface area contributed by atoms with E-state index in [9.17, 15) is 9.59 Å². The van der Waals surface area contributed by atoms with E-state index in [-0.39, 0.29) is 23.9 Å². The highest BCUT2D eigenvalue weighted by Gasteiger charge is 2.50. The van der Waals surface area contributed by atoms with Crippen LogP contribution in [0.4, 0.5) is 4.79 Å². The summed E-state index contributed by atoms with van der Waals surface area (Å²) in [6.45, 7) is 3.27. The lowest BCUT2D eigenvalue weighted by atomic mass is 10.0. The van der Waals surface area contributed by atoms with Crippen LogP contribution in [-0.2, 0) is 4.79 Å². The normalized spacial score (nSPS) is 27.6. The average molecular weight is 274 g/mol. The van der Waals surface area contributed by atoms with Gasteiger partial charge in [0.15, 0.2) is 0 Å². The summed E-state index contributed by atoms with van der Waals surface area (Å²) in [5, 5.41) is 9.07. The van der Waals surface area contributed by atoms with Gasteiger partial charge in [0.1, 0.15) is 0 Å². The number of carboxylic acid groups (broad SMARTS) is 1. The molecule has 5 heteroatoms. The van der Waals surface area contributed by atoms with Crippen molar-refractivity contribution in [1.29, 1.82) is 0 Å². The Hall–Kier alpha value is -1.88. The number of hydrogen-bond acceptors (Lipinski definition) is 3. The van der Waals surface area contributed by atoms with Crippen molar-refractivity contribution in [2.75, 3.05) is 13.1 Å². The van der Waals surface area contributed by atoms with Crippen LogP contribution in [0.2, 0.25) is 0 Å². The molecule has 0 unspecified atom stereocenters. The maximum atomic E-state index is 12.3. The van der Waals surface area contributed by atoms with Crippen molar-refractivity contribution in [2.24, 2.45) is 5.92 Å². The van der Waals surface area contributed by atoms with E-state index in [0.717, 1.165) is 23.4 Å². The Morgan fingerprint density at radius 2 is 2.05 bits per heavy atom. The fourth-order valence-corrected chi connectivity index (χ4v) is 3.43. The monoisotopic (exact) mass is 274 g/mol. The van der Waals surface area contributed by atoms with Gasteiger partial charge in [0, 0.05) is 18.5 Å². The van der Waals surface area contributed by atoms with Gasteiger partial charge in [0.05, 0.1) is 6.04 Å². The second kappa shape index (κ2) is 4.90. The van der Waals surface area contributed by atoms with E-state index in [1.165, 1.54) is 0 Å². The Labute approximate surface area is 117 Å². The number of hydrogen-bond donors (Lipinski definition) is 1. The highest BCUT2D eigenvalue weighted by Crippen LogP contribution is 2.37. The molecule has 0 saturated carbocycles. The predicted molar refractivity (Wildman–Crippen MR) is 73.2 cm³/mol. The minimum absolute atomic E-state index is 0.129. The number of imide groups is 1. The van der Waals surface area contributed by atoms with Crippen LogP contribution in [0.25, 0.3) is 0 Å². The van der Waals surface area contributed by atoms with E-state index in [0.29, 0.717) is 6.54 Å². The summed E-state index contributed by atoms with van der Waals surface area (Å²) in [5.41, 5.74) is 1.16. The van der Waals surface area contributed by atoms with Crippen molar-refractivity contribution >= 4 is 12.0 Å². The average Bonchev–Trinajstić information content (AvgIpc) is 3.00. The third-order valence-corrected chi connectivity index (χ3v) is 4.51. The Kier molecular flexibility index (Phi) is 3.22. The van der Waals surface area contributed by atoms with Gasteiger partial charge in [-0.25, -0.2) is 9.69 Å². The lowest BCUT2D eigenvalue weighted by Gasteiger charge is -2.29. The van der Waals surface area contributed by atoms with E-state index >= 15 is 0 Å². The molecule has 5 nitrogen and oxygen atoms in total. The zero-order valence-electron chi connectivity index (χ0n) is 11.4. The molecule has 0 aromatic heterocycles. The molecule has 2 aliphatic heterocycles. The number of fused-ring (bicyclic) bond motifs is 1. The molecule has 0 bridgehead atoms. The first-order valence-electron chi connectivity index (χ1n) is 6.94. The summed E-state index contributed by atoms with van der Waals surface area (Å²) in [6.07, 6.45) is -0.242. The smallest absolute Gasteiger partial charge is 0.414 e. The first-order valence-corrected chi connectivity index (χ1v) is 6.94. The van der Waals surface area contributed by atoms with Crippen molar-refractivity contribution in [3.8, 4) is 0 Å². The maximum Gasteiger partial charge on any atom is 0.414 e. The van der Waals surface area contributed by atoms with Gasteiger partial charge in [-0.05, 0) is 25.5 Å². The molecule has 106 valence electrons. The quantitative estimate of drug-likeness (QED) is 0.895. The molecule has 1 N–H and O–H groups in total. The first kappa shape index (κ1) is 13.1. The Morgan fingerprint density at radius 3 is 2.70 bits per heavy atom. The Bertz CT molecular complexity index is 531. The van der Waals surface area contributed by atoms with E-state index in [4.69, 9.17) is 5.11 Å². The molecule has 2 amide bonds. The second-order valence-electron chi connectivity index (χ2n) is 5.55. The first-order chi connectivity index (χ1) is 9.59. The highest BCUT2D eigenvalue weighted by molar-refractivity contribution is 5.96. The summed E-state index contributed by atoms with van der Waals surface area (Å²) in [7, 11) is 0. The molecule has 20 heavy (non-hydrogen) atoms. The minimum atomic E-state index is -1.13. The predicted octanol–water partition coefficient (Wildman–Crippen LogP) is 1.96. The van der Waals surface area contributed by atoms with Gasteiger partial charge in [0.2, 0.25) is 5.91 Å². The number of likely N-dealkylation sites (tertiary alicyclic amines) is 2. The molecule has 2 fully saturated rings. The largest absolute Gasteiger partial charge is 0.465 e. The van der Waals surface area contributed by atoms with Crippen LogP contribution < -0.4 is 0 Å². The molecular formula is C15H18N2O3. The number of carbonyl (C=O) groups excluding carboxylic acids is 1. The van der Waals surface area contributed by atoms with Crippen LogP contribution in [0.5, 0.6) is 0 Å². The van der Waals surface area contributed by atoms with Crippen molar-refractivity contribution in [3.05, 3.63) is 35.9 Å². The van der Waals surface area contributed by atoms with Crippen LogP contribution in [0.15, 0.2) is 30.3 Å². The van der Waals surface area contributed by atoms with Gasteiger partial charge < -0.3 is 5.11 Å². The zero-order chi connectivity index (χ0) is 14.3. The van der Waals surface area contributed by atoms with Gasteiger partial charge in [-0.1, -0.05) is 30.3 Å². The summed E-state index contributed by atoms with van der Waals surface area (Å²) in [4.78, 5) is 26.5. The van der Waals surface area contributed by atoms with E-state index in [1.807, 2.05) is 30.3 Å². The number of amides is 2. The second-order valence-corrected chi connectivity index (χ2v) is 5.55. The van der Waals surface area contributed by atoms with Gasteiger partial charge in [-0.2, -0.15) is 0 Å². The fourth-order valence-electron chi connectivity index (χ4n) is 3.43. The lowest BCUT2D eigenvalue weighted by Crippen LogP contribution is -2.42. The summed E-state index contributed by atoms with van der Waals surface area (Å²) in [5.74, 6) is -0.118. The van der Waals surface area contributed by atoms with Gasteiger partial charge in [-0.15, -0.1) is 0 Å². The van der Waals surface area contributed by atoms with Gasteiger partial charge in [0.25, 0.3) is 0 Å². The van der Waals surface area contributed by atoms with E-state index in [2.05, 4.69) is 11.8 Å². The summed E-state index contributed by atoms with van der Waals surface area (Å²) >= 11 is 0. The van der Waals surface area contributed by atoms with Crippen molar-refractivity contribution in [1.82, 2.24) is 9.80 Å². The van der Waals surface area contributed by atoms with Crippen LogP contribution in [-0.4, -0.2) is 46.0 Å². The third kappa shape index (κ3) is 1.98. The summed E-state index contributed by atoms with van der Waals surface area (Å²) < 4.78 is 0. The molecule has 3 rings (SSSR count). The van der Waals surface area contributed by atoms with E-state index in [1.54, 1.807) is 0 Å². The summed E-state index contributed by atoms with van der Waals surface area (Å²) in [6, 6.07) is 9.89. The number of nitrogens with zero attached hydrogens (tertiary/aromatic N) is 2. The molecule has 2 saturated heterocycles. The molecule has 2 heterocycles. The number of rotatable bonds is 2. The van der Waals surface area contributed by atoms with Crippen LogP contribution in [0, 0.1) is 5.92 Å². The van der Waals surface area contributed by atoms with Crippen molar-refractivity contribution < 1.29 is 14.7 Å². The molecular weight excluding hydrogens is 256 g/mol. The minimum Gasteiger partial charge on any atom is -0.465 e. The van der Waals surface area contributed by atoms with Crippen LogP contribution in [0.1, 0.15) is 24.9 Å². The number of benzene rings is 1. The van der Waals surface area contributed by atoms with E-state index < -0.39 is 6.09 Å². The number of carbonyl (C=O) groups is 2. The molecule has 0 radical (unpaired) electrons. The topological polar surface area (TPSA) is 60.9 Å². The molecule has 0 aliphatic carbocycles. The van der Waals surface area contributed by atoms with Crippen molar-refractivity contribution in [3.63, 3.8) is 0 Å². The molecule has 2 aliphatic rings. The highest BCUT2D eigenvalue weighted by atomic mass is 16.4. The van der Waals surface area contributed by atoms with Gasteiger partial charge >= 0.3 is 6.09 Å². The Morgan fingerprint density at radius 1 is 1.35 bits per heavy atom. The molecule has 1 aromatic carbocycles. The molecule has 1 aromatic rings. The van der Waals surface area contributed by atoms with Crippen molar-refractivity contribution in [2.45, 2.75) is 25.4 Å². The van der Waals surface area contributed by atoms with Crippen LogP contribution >= 0.6 is 0 Å².